The van der Waals surface area contributed by atoms with Crippen LogP contribution in [0.3, 0.4) is 0 Å². The summed E-state index contributed by atoms with van der Waals surface area (Å²) in [5.74, 6) is 0.369. The Balaban J connectivity index is 1.74. The van der Waals surface area contributed by atoms with Gasteiger partial charge in [-0.05, 0) is 18.1 Å². The van der Waals surface area contributed by atoms with Crippen molar-refractivity contribution in [1.29, 1.82) is 0 Å². The van der Waals surface area contributed by atoms with Gasteiger partial charge in [-0.15, -0.1) is 10.2 Å². The summed E-state index contributed by atoms with van der Waals surface area (Å²) in [5, 5.41) is 17.5. The van der Waals surface area contributed by atoms with Gasteiger partial charge >= 0.3 is 6.03 Å². The minimum Gasteiger partial charge on any atom is -0.494 e. The van der Waals surface area contributed by atoms with Crippen LogP contribution in [0, 0.1) is 5.92 Å². The molecule has 1 saturated heterocycles. The second-order valence-corrected chi connectivity index (χ2v) is 8.45. The average molecular weight is 483 g/mol. The van der Waals surface area contributed by atoms with Crippen LogP contribution in [0.2, 0.25) is 0 Å². The first-order valence-corrected chi connectivity index (χ1v) is 11.0. The molecule has 0 radical (unpaired) electrons. The van der Waals surface area contributed by atoms with Crippen molar-refractivity contribution in [3.8, 4) is 17.1 Å². The topological polar surface area (TPSA) is 130 Å². The standard InChI is InChI=1S/C23H29N9O3/c1-14(2)12-31-9-10-32(23(31)34)18-11-17(19(28-27-18)22(33)24-3)26-16-8-6-7-15(20(16)35-5)21-25-13-30(4)29-21/h6-8,11,13-14H,9-10,12H2,1-5H3,(H,24,33)(H,26,27)/i3D3. The van der Waals surface area contributed by atoms with Gasteiger partial charge in [0.2, 0.25) is 0 Å². The molecule has 3 aromatic rings. The Morgan fingerprint density at radius 1 is 1.26 bits per heavy atom. The van der Waals surface area contributed by atoms with Gasteiger partial charge in [-0.3, -0.25) is 14.4 Å². The number of nitrogens with one attached hydrogen (secondary N) is 2. The summed E-state index contributed by atoms with van der Waals surface area (Å²) in [6.45, 7) is 2.83. The summed E-state index contributed by atoms with van der Waals surface area (Å²) in [5.41, 5.74) is 0.900. The largest absolute Gasteiger partial charge is 0.494 e. The number of carbonyl (C=O) groups excluding carboxylic acids is 2. The SMILES string of the molecule is [2H]C([2H])([2H])NC(=O)c1nnc(N2CCN(CC(C)C)C2=O)cc1Nc1cccc(-c2ncn(C)n2)c1OC. The van der Waals surface area contributed by atoms with Crippen LogP contribution in [-0.4, -0.2) is 75.5 Å². The number of benzene rings is 1. The zero-order chi connectivity index (χ0) is 27.6. The van der Waals surface area contributed by atoms with E-state index < -0.39 is 12.9 Å². The molecule has 0 saturated carbocycles. The lowest BCUT2D eigenvalue weighted by Crippen LogP contribution is -2.34. The number of hydrogen-bond acceptors (Lipinski definition) is 8. The highest BCUT2D eigenvalue weighted by Crippen LogP contribution is 2.37. The summed E-state index contributed by atoms with van der Waals surface area (Å²) in [7, 11) is 3.23. The smallest absolute Gasteiger partial charge is 0.325 e. The molecule has 3 heterocycles. The third-order valence-electron chi connectivity index (χ3n) is 5.40. The Morgan fingerprint density at radius 3 is 2.77 bits per heavy atom. The van der Waals surface area contributed by atoms with Gasteiger partial charge in [0.1, 0.15) is 6.33 Å². The minimum atomic E-state index is -2.74. The fourth-order valence-corrected chi connectivity index (χ4v) is 3.88. The molecule has 0 unspecified atom stereocenters. The second kappa shape index (κ2) is 9.95. The van der Waals surface area contributed by atoms with Crippen LogP contribution in [-0.2, 0) is 7.05 Å². The van der Waals surface area contributed by atoms with E-state index in [-0.39, 0.29) is 23.2 Å². The van der Waals surface area contributed by atoms with Crippen LogP contribution < -0.4 is 20.3 Å². The number of aromatic nitrogens is 5. The lowest BCUT2D eigenvalue weighted by Gasteiger charge is -2.20. The van der Waals surface area contributed by atoms with E-state index >= 15 is 0 Å². The molecule has 4 rings (SSSR count). The number of ether oxygens (including phenoxy) is 1. The number of amides is 3. The molecule has 12 heteroatoms. The average Bonchev–Trinajstić information content (AvgIpc) is 3.43. The van der Waals surface area contributed by atoms with E-state index in [9.17, 15) is 9.59 Å². The number of hydrogen-bond donors (Lipinski definition) is 2. The van der Waals surface area contributed by atoms with Gasteiger partial charge in [0.05, 0.1) is 24.0 Å². The Morgan fingerprint density at radius 2 is 2.09 bits per heavy atom. The lowest BCUT2D eigenvalue weighted by molar-refractivity contribution is 0.0958. The van der Waals surface area contributed by atoms with E-state index in [0.29, 0.717) is 48.4 Å². The van der Waals surface area contributed by atoms with Gasteiger partial charge in [-0.2, -0.15) is 5.10 Å². The fourth-order valence-electron chi connectivity index (χ4n) is 3.88. The number of carbonyl (C=O) groups is 2. The highest BCUT2D eigenvalue weighted by Gasteiger charge is 2.32. The van der Waals surface area contributed by atoms with Gasteiger partial charge in [0.25, 0.3) is 5.91 Å². The Kier molecular flexibility index (Phi) is 5.74. The van der Waals surface area contributed by atoms with Crippen molar-refractivity contribution >= 4 is 29.1 Å². The molecule has 2 N–H and O–H groups in total. The zero-order valence-corrected chi connectivity index (χ0v) is 19.9. The molecule has 0 bridgehead atoms. The van der Waals surface area contributed by atoms with Gasteiger partial charge in [0, 0.05) is 43.8 Å². The summed E-state index contributed by atoms with van der Waals surface area (Å²) in [6.07, 6.45) is 1.56. The Hall–Kier alpha value is -4.22. The first-order valence-electron chi connectivity index (χ1n) is 12.5. The normalized spacial score (nSPS) is 15.1. The van der Waals surface area contributed by atoms with Crippen molar-refractivity contribution in [1.82, 2.24) is 35.2 Å². The molecule has 35 heavy (non-hydrogen) atoms. The van der Waals surface area contributed by atoms with Crippen LogP contribution >= 0.6 is 0 Å². The first-order chi connectivity index (χ1) is 18.0. The highest BCUT2D eigenvalue weighted by atomic mass is 16.5. The molecule has 1 aliphatic rings. The van der Waals surface area contributed by atoms with E-state index in [4.69, 9.17) is 8.85 Å². The molecule has 184 valence electrons. The summed E-state index contributed by atoms with van der Waals surface area (Å²) in [6, 6.07) is 6.51. The van der Waals surface area contributed by atoms with Crippen molar-refractivity contribution in [2.75, 3.05) is 43.9 Å². The van der Waals surface area contributed by atoms with Crippen LogP contribution in [0.1, 0.15) is 28.4 Å². The quantitative estimate of drug-likeness (QED) is 0.500. The van der Waals surface area contributed by atoms with Crippen molar-refractivity contribution in [3.63, 3.8) is 0 Å². The summed E-state index contributed by atoms with van der Waals surface area (Å²) >= 11 is 0. The minimum absolute atomic E-state index is 0.135. The van der Waals surface area contributed by atoms with Crippen LogP contribution in [0.4, 0.5) is 22.0 Å². The number of methoxy groups -OCH3 is 1. The fraction of sp³-hybridized carbons (Fsp3) is 0.391. The van der Waals surface area contributed by atoms with Gasteiger partial charge < -0.3 is 20.3 Å². The van der Waals surface area contributed by atoms with E-state index in [1.165, 1.54) is 18.1 Å². The maximum atomic E-state index is 13.0. The molecule has 0 atom stereocenters. The number of aryl methyl sites for hydroxylation is 1. The molecule has 0 spiro atoms. The van der Waals surface area contributed by atoms with Gasteiger partial charge in [-0.25, -0.2) is 9.78 Å². The molecule has 3 amide bonds. The number of para-hydroxylation sites is 1. The predicted molar refractivity (Wildman–Crippen MR) is 131 cm³/mol. The molecule has 12 nitrogen and oxygen atoms in total. The van der Waals surface area contributed by atoms with E-state index in [0.717, 1.165) is 0 Å². The Labute approximate surface area is 207 Å². The highest BCUT2D eigenvalue weighted by molar-refractivity contribution is 6.00. The third-order valence-corrected chi connectivity index (χ3v) is 5.40. The molecule has 1 aliphatic heterocycles. The van der Waals surface area contributed by atoms with Crippen molar-refractivity contribution in [2.45, 2.75) is 13.8 Å². The van der Waals surface area contributed by atoms with Crippen LogP contribution in [0.5, 0.6) is 5.75 Å². The molecule has 1 fully saturated rings. The van der Waals surface area contributed by atoms with Crippen LogP contribution in [0.15, 0.2) is 30.6 Å². The molecule has 2 aromatic heterocycles. The molecular weight excluding hydrogens is 450 g/mol. The Bertz CT molecular complexity index is 1340. The van der Waals surface area contributed by atoms with E-state index in [1.807, 2.05) is 19.2 Å². The number of nitrogens with zero attached hydrogens (tertiary/aromatic N) is 7. The van der Waals surface area contributed by atoms with Crippen molar-refractivity contribution < 1.29 is 18.4 Å². The second-order valence-electron chi connectivity index (χ2n) is 8.45. The van der Waals surface area contributed by atoms with Gasteiger partial charge in [0.15, 0.2) is 23.1 Å². The maximum Gasteiger partial charge on any atom is 0.325 e. The maximum absolute atomic E-state index is 13.0. The molecular formula is C23H29N9O3. The van der Waals surface area contributed by atoms with Crippen LogP contribution in [0.25, 0.3) is 11.4 Å². The van der Waals surface area contributed by atoms with Gasteiger partial charge in [-0.1, -0.05) is 19.9 Å². The molecule has 0 aliphatic carbocycles. The number of urea groups is 1. The third kappa shape index (κ3) is 4.86. The summed E-state index contributed by atoms with van der Waals surface area (Å²) < 4.78 is 29.4. The number of rotatable bonds is 8. The van der Waals surface area contributed by atoms with Crippen molar-refractivity contribution in [3.05, 3.63) is 36.3 Å². The predicted octanol–water partition coefficient (Wildman–Crippen LogP) is 2.28. The zero-order valence-electron chi connectivity index (χ0n) is 22.9. The van der Waals surface area contributed by atoms with E-state index in [2.05, 4.69) is 25.6 Å². The van der Waals surface area contributed by atoms with E-state index in [1.54, 1.807) is 41.2 Å². The first kappa shape index (κ1) is 20.2. The summed E-state index contributed by atoms with van der Waals surface area (Å²) in [4.78, 5) is 33.3. The monoisotopic (exact) mass is 482 g/mol. The lowest BCUT2D eigenvalue weighted by atomic mass is 10.1. The number of anilines is 3. The van der Waals surface area contributed by atoms with Crippen molar-refractivity contribution in [2.24, 2.45) is 13.0 Å². The molecule has 1 aromatic carbocycles.